The third-order valence-electron chi connectivity index (χ3n) is 6.17. The summed E-state index contributed by atoms with van der Waals surface area (Å²) < 4.78 is 38.4. The van der Waals surface area contributed by atoms with Crippen molar-refractivity contribution in [2.45, 2.75) is 38.9 Å². The fourth-order valence-electron chi connectivity index (χ4n) is 4.31. The number of nitrogens with one attached hydrogen (secondary N) is 1. The molecule has 34 heavy (non-hydrogen) atoms. The number of amides is 1. The first-order valence-electron chi connectivity index (χ1n) is 11.2. The van der Waals surface area contributed by atoms with Gasteiger partial charge in [0.1, 0.15) is 0 Å². The monoisotopic (exact) mass is 469 g/mol. The number of aromatic nitrogens is 3. The SMILES string of the molecule is Cc1ccc(-c2ccccn2)c(C(=O)N2CCCC(C)C2CNc2ncc(C(F)(F)F)cn2)c1. The number of carbonyl (C=O) groups is 1. The van der Waals surface area contributed by atoms with Crippen molar-refractivity contribution < 1.29 is 18.0 Å². The lowest BCUT2D eigenvalue weighted by molar-refractivity contribution is -0.138. The minimum absolute atomic E-state index is 0.0870. The van der Waals surface area contributed by atoms with Crippen molar-refractivity contribution in [2.24, 2.45) is 5.92 Å². The van der Waals surface area contributed by atoms with Gasteiger partial charge in [0.2, 0.25) is 5.95 Å². The zero-order valence-corrected chi connectivity index (χ0v) is 19.0. The maximum atomic E-state index is 13.8. The van der Waals surface area contributed by atoms with Gasteiger partial charge in [0.15, 0.2) is 0 Å². The number of pyridine rings is 1. The molecule has 1 fully saturated rings. The molecule has 0 saturated carbocycles. The van der Waals surface area contributed by atoms with Crippen molar-refractivity contribution in [2.75, 3.05) is 18.4 Å². The van der Waals surface area contributed by atoms with Gasteiger partial charge in [-0.1, -0.05) is 30.7 Å². The molecule has 2 aromatic heterocycles. The summed E-state index contributed by atoms with van der Waals surface area (Å²) in [5.74, 6) is 0.210. The zero-order chi connectivity index (χ0) is 24.3. The first-order valence-corrected chi connectivity index (χ1v) is 11.2. The number of rotatable bonds is 5. The maximum absolute atomic E-state index is 13.8. The first kappa shape index (κ1) is 23.7. The Morgan fingerprint density at radius 2 is 1.91 bits per heavy atom. The molecule has 6 nitrogen and oxygen atoms in total. The Bertz CT molecular complexity index is 1140. The molecule has 3 heterocycles. The number of halogens is 3. The molecule has 0 spiro atoms. The van der Waals surface area contributed by atoms with Gasteiger partial charge >= 0.3 is 6.18 Å². The number of likely N-dealkylation sites (tertiary alicyclic amines) is 1. The number of aryl methyl sites for hydroxylation is 1. The maximum Gasteiger partial charge on any atom is 0.419 e. The molecule has 3 aromatic rings. The van der Waals surface area contributed by atoms with Crippen molar-refractivity contribution in [3.05, 3.63) is 71.7 Å². The minimum Gasteiger partial charge on any atom is -0.352 e. The van der Waals surface area contributed by atoms with Crippen molar-refractivity contribution in [3.63, 3.8) is 0 Å². The molecule has 9 heteroatoms. The van der Waals surface area contributed by atoms with Crippen LogP contribution in [0.5, 0.6) is 0 Å². The second kappa shape index (κ2) is 9.79. The molecule has 1 aromatic carbocycles. The lowest BCUT2D eigenvalue weighted by Gasteiger charge is -2.40. The third-order valence-corrected chi connectivity index (χ3v) is 6.17. The lowest BCUT2D eigenvalue weighted by atomic mass is 9.89. The van der Waals surface area contributed by atoms with Gasteiger partial charge in [-0.25, -0.2) is 9.97 Å². The normalized spacial score (nSPS) is 18.6. The Morgan fingerprint density at radius 1 is 1.15 bits per heavy atom. The standard InChI is InChI=1S/C25H26F3N5O/c1-16-8-9-19(21-7-3-4-10-29-21)20(12-16)23(34)33-11-5-6-17(2)22(33)15-32-24-30-13-18(14-31-24)25(26,27)28/h3-4,7-10,12-14,17,22H,5-6,11,15H2,1-2H3,(H,30,31,32). The zero-order valence-electron chi connectivity index (χ0n) is 19.0. The van der Waals surface area contributed by atoms with E-state index in [0.717, 1.165) is 42.1 Å². The quantitative estimate of drug-likeness (QED) is 0.555. The molecule has 4 rings (SSSR count). The van der Waals surface area contributed by atoms with E-state index in [2.05, 4.69) is 27.2 Å². The number of anilines is 1. The molecule has 1 aliphatic heterocycles. The summed E-state index contributed by atoms with van der Waals surface area (Å²) in [6.45, 7) is 4.95. The molecule has 1 saturated heterocycles. The number of hydrogen-bond acceptors (Lipinski definition) is 5. The highest BCUT2D eigenvalue weighted by Gasteiger charge is 2.34. The topological polar surface area (TPSA) is 71.0 Å². The summed E-state index contributed by atoms with van der Waals surface area (Å²) in [5.41, 5.74) is 2.16. The number of nitrogens with zero attached hydrogens (tertiary/aromatic N) is 4. The molecule has 0 radical (unpaired) electrons. The fourth-order valence-corrected chi connectivity index (χ4v) is 4.31. The van der Waals surface area contributed by atoms with Crippen LogP contribution < -0.4 is 5.32 Å². The lowest BCUT2D eigenvalue weighted by Crippen LogP contribution is -2.51. The van der Waals surface area contributed by atoms with Crippen LogP contribution in [0, 0.1) is 12.8 Å². The number of alkyl halides is 3. The summed E-state index contributed by atoms with van der Waals surface area (Å²) >= 11 is 0. The molecule has 1 N–H and O–H groups in total. The Morgan fingerprint density at radius 3 is 2.59 bits per heavy atom. The molecule has 178 valence electrons. The van der Waals surface area contributed by atoms with E-state index >= 15 is 0 Å². The van der Waals surface area contributed by atoms with Crippen molar-refractivity contribution in [1.29, 1.82) is 0 Å². The van der Waals surface area contributed by atoms with Crippen LogP contribution in [-0.2, 0) is 6.18 Å². The fraction of sp³-hybridized carbons (Fsp3) is 0.360. The van der Waals surface area contributed by atoms with E-state index in [4.69, 9.17) is 0 Å². The smallest absolute Gasteiger partial charge is 0.352 e. The summed E-state index contributed by atoms with van der Waals surface area (Å²) in [5, 5.41) is 3.02. The largest absolute Gasteiger partial charge is 0.419 e. The number of piperidine rings is 1. The van der Waals surface area contributed by atoms with Gasteiger partial charge in [0.25, 0.3) is 5.91 Å². The van der Waals surface area contributed by atoms with Gasteiger partial charge in [-0.05, 0) is 43.9 Å². The Labute approximate surface area is 196 Å². The van der Waals surface area contributed by atoms with E-state index in [0.29, 0.717) is 18.7 Å². The van der Waals surface area contributed by atoms with Crippen LogP contribution in [0.15, 0.2) is 55.0 Å². The average molecular weight is 470 g/mol. The van der Waals surface area contributed by atoms with Crippen LogP contribution in [0.25, 0.3) is 11.3 Å². The Hall–Kier alpha value is -3.49. The highest BCUT2D eigenvalue weighted by molar-refractivity contribution is 6.01. The van der Waals surface area contributed by atoms with E-state index in [1.807, 2.05) is 48.2 Å². The Balaban J connectivity index is 1.57. The van der Waals surface area contributed by atoms with Crippen molar-refractivity contribution in [1.82, 2.24) is 19.9 Å². The van der Waals surface area contributed by atoms with Crippen LogP contribution >= 0.6 is 0 Å². The summed E-state index contributed by atoms with van der Waals surface area (Å²) in [4.78, 5) is 27.6. The summed E-state index contributed by atoms with van der Waals surface area (Å²) in [6, 6.07) is 11.2. The van der Waals surface area contributed by atoms with Crippen LogP contribution in [0.4, 0.5) is 19.1 Å². The molecule has 0 aliphatic carbocycles. The molecular formula is C25H26F3N5O. The minimum atomic E-state index is -4.49. The number of carbonyl (C=O) groups excluding carboxylic acids is 1. The van der Waals surface area contributed by atoms with Gasteiger partial charge in [-0.15, -0.1) is 0 Å². The highest BCUT2D eigenvalue weighted by Crippen LogP contribution is 2.30. The molecule has 2 atom stereocenters. The predicted molar refractivity (Wildman–Crippen MR) is 123 cm³/mol. The van der Waals surface area contributed by atoms with Crippen LogP contribution in [0.2, 0.25) is 0 Å². The van der Waals surface area contributed by atoms with E-state index in [1.54, 1.807) is 6.20 Å². The van der Waals surface area contributed by atoms with Gasteiger partial charge < -0.3 is 10.2 Å². The molecular weight excluding hydrogens is 443 g/mol. The van der Waals surface area contributed by atoms with E-state index in [-0.39, 0.29) is 23.8 Å². The van der Waals surface area contributed by atoms with Crippen molar-refractivity contribution >= 4 is 11.9 Å². The van der Waals surface area contributed by atoms with Gasteiger partial charge in [0.05, 0.1) is 17.3 Å². The van der Waals surface area contributed by atoms with Gasteiger partial charge in [-0.2, -0.15) is 13.2 Å². The summed E-state index contributed by atoms with van der Waals surface area (Å²) in [7, 11) is 0. The third kappa shape index (κ3) is 5.18. The van der Waals surface area contributed by atoms with Gasteiger partial charge in [-0.3, -0.25) is 9.78 Å². The molecule has 1 aliphatic rings. The summed E-state index contributed by atoms with van der Waals surface area (Å²) in [6.07, 6.45) is 0.556. The molecule has 1 amide bonds. The number of hydrogen-bond donors (Lipinski definition) is 1. The van der Waals surface area contributed by atoms with E-state index in [9.17, 15) is 18.0 Å². The van der Waals surface area contributed by atoms with E-state index in [1.165, 1.54) is 0 Å². The van der Waals surface area contributed by atoms with Crippen LogP contribution in [-0.4, -0.2) is 44.9 Å². The molecule has 0 bridgehead atoms. The second-order valence-electron chi connectivity index (χ2n) is 8.62. The van der Waals surface area contributed by atoms with Gasteiger partial charge in [0, 0.05) is 42.8 Å². The molecule has 2 unspecified atom stereocenters. The van der Waals surface area contributed by atoms with E-state index < -0.39 is 11.7 Å². The first-order chi connectivity index (χ1) is 16.2. The van der Waals surface area contributed by atoms with Crippen LogP contribution in [0.3, 0.4) is 0 Å². The van der Waals surface area contributed by atoms with Crippen LogP contribution in [0.1, 0.15) is 41.3 Å². The van der Waals surface area contributed by atoms with Crippen molar-refractivity contribution in [3.8, 4) is 11.3 Å². The second-order valence-corrected chi connectivity index (χ2v) is 8.62. The average Bonchev–Trinajstić information content (AvgIpc) is 2.83. The predicted octanol–water partition coefficient (Wildman–Crippen LogP) is 5.22. The number of benzene rings is 1. The highest BCUT2D eigenvalue weighted by atomic mass is 19.4. The Kier molecular flexibility index (Phi) is 6.81.